The molecule has 2 aromatic rings. The van der Waals surface area contributed by atoms with Crippen molar-refractivity contribution in [3.63, 3.8) is 0 Å². The van der Waals surface area contributed by atoms with Crippen LogP contribution in [0, 0.1) is 6.92 Å². The summed E-state index contributed by atoms with van der Waals surface area (Å²) in [5.74, 6) is -0.454. The van der Waals surface area contributed by atoms with Crippen LogP contribution < -0.4 is 11.3 Å². The van der Waals surface area contributed by atoms with Gasteiger partial charge in [-0.05, 0) is 6.92 Å². The zero-order valence-electron chi connectivity index (χ0n) is 8.88. The first kappa shape index (κ1) is 10.2. The standard InChI is InChI=1S/C9H12N4O3/c1-5-8(10)9(16)13-4-7(15)11(2)6(14)3-12(5)13/h3-4,14-15H,10H2,1-2H3. The van der Waals surface area contributed by atoms with E-state index in [9.17, 15) is 15.0 Å². The fourth-order valence-corrected chi connectivity index (χ4v) is 1.45. The van der Waals surface area contributed by atoms with E-state index >= 15 is 0 Å². The minimum absolute atomic E-state index is 0.0812. The van der Waals surface area contributed by atoms with Crippen LogP contribution in [0.25, 0.3) is 0 Å². The Morgan fingerprint density at radius 3 is 2.25 bits per heavy atom. The predicted octanol–water partition coefficient (Wildman–Crippen LogP) is -0.398. The molecule has 0 fully saturated rings. The van der Waals surface area contributed by atoms with Crippen LogP contribution in [0.3, 0.4) is 0 Å². The van der Waals surface area contributed by atoms with Crippen LogP contribution in [-0.2, 0) is 7.05 Å². The topological polar surface area (TPSA) is 97.3 Å². The van der Waals surface area contributed by atoms with Crippen LogP contribution in [0.2, 0.25) is 0 Å². The van der Waals surface area contributed by atoms with Crippen LogP contribution in [-0.4, -0.2) is 23.8 Å². The normalized spacial score (nSPS) is 10.9. The summed E-state index contributed by atoms with van der Waals surface area (Å²) in [6.07, 6.45) is 2.48. The minimum Gasteiger partial charge on any atom is -0.493 e. The van der Waals surface area contributed by atoms with Gasteiger partial charge in [-0.1, -0.05) is 0 Å². The molecule has 7 nitrogen and oxygen atoms in total. The molecule has 0 aliphatic rings. The molecule has 0 aliphatic carbocycles. The summed E-state index contributed by atoms with van der Waals surface area (Å²) in [6.45, 7) is 1.65. The van der Waals surface area contributed by atoms with E-state index in [2.05, 4.69) is 0 Å². The highest BCUT2D eigenvalue weighted by Crippen LogP contribution is 2.15. The summed E-state index contributed by atoms with van der Waals surface area (Å²) in [4.78, 5) is 11.7. The van der Waals surface area contributed by atoms with Crippen molar-refractivity contribution in [2.24, 2.45) is 7.05 Å². The molecule has 86 valence electrons. The highest BCUT2D eigenvalue weighted by atomic mass is 16.3. The molecule has 16 heavy (non-hydrogen) atoms. The van der Waals surface area contributed by atoms with E-state index in [0.29, 0.717) is 5.69 Å². The average Bonchev–Trinajstić information content (AvgIpc) is 2.40. The Bertz CT molecular complexity index is 647. The monoisotopic (exact) mass is 224 g/mol. The van der Waals surface area contributed by atoms with Crippen LogP contribution >= 0.6 is 0 Å². The van der Waals surface area contributed by atoms with Crippen LogP contribution in [0.4, 0.5) is 5.69 Å². The van der Waals surface area contributed by atoms with E-state index in [1.165, 1.54) is 24.0 Å². The molecule has 2 aromatic heterocycles. The molecule has 0 amide bonds. The number of anilines is 1. The lowest BCUT2D eigenvalue weighted by Crippen LogP contribution is -2.11. The highest BCUT2D eigenvalue weighted by molar-refractivity contribution is 5.41. The SMILES string of the molecule is Cc1c(N)c(=O)n2cc(O)n(C)c(O)cn12. The molecule has 0 radical (unpaired) electrons. The number of hydrogen-bond donors (Lipinski definition) is 3. The van der Waals surface area contributed by atoms with Crippen LogP contribution in [0.15, 0.2) is 17.2 Å². The summed E-state index contributed by atoms with van der Waals surface area (Å²) in [7, 11) is 1.47. The van der Waals surface area contributed by atoms with Gasteiger partial charge in [-0.3, -0.25) is 13.9 Å². The maximum atomic E-state index is 11.7. The second-order valence-electron chi connectivity index (χ2n) is 3.53. The highest BCUT2D eigenvalue weighted by Gasteiger charge is 2.10. The molecular weight excluding hydrogens is 212 g/mol. The van der Waals surface area contributed by atoms with Crippen molar-refractivity contribution in [2.75, 3.05) is 5.73 Å². The minimum atomic E-state index is -0.441. The van der Waals surface area contributed by atoms with E-state index in [1.54, 1.807) is 6.92 Å². The summed E-state index contributed by atoms with van der Waals surface area (Å²) < 4.78 is 3.63. The fourth-order valence-electron chi connectivity index (χ4n) is 1.45. The van der Waals surface area contributed by atoms with Gasteiger partial charge in [0.1, 0.15) is 5.69 Å². The second-order valence-corrected chi connectivity index (χ2v) is 3.53. The Morgan fingerprint density at radius 2 is 1.69 bits per heavy atom. The number of rotatable bonds is 0. The molecule has 0 saturated carbocycles. The van der Waals surface area contributed by atoms with E-state index in [1.807, 2.05) is 0 Å². The van der Waals surface area contributed by atoms with Gasteiger partial charge in [-0.25, -0.2) is 4.52 Å². The molecule has 4 N–H and O–H groups in total. The third kappa shape index (κ3) is 1.18. The van der Waals surface area contributed by atoms with Gasteiger partial charge in [0.05, 0.1) is 18.1 Å². The van der Waals surface area contributed by atoms with Crippen molar-refractivity contribution in [3.8, 4) is 11.8 Å². The van der Waals surface area contributed by atoms with Crippen molar-refractivity contribution in [3.05, 3.63) is 28.4 Å². The molecule has 0 aromatic carbocycles. The van der Waals surface area contributed by atoms with Gasteiger partial charge in [0.25, 0.3) is 5.56 Å². The lowest BCUT2D eigenvalue weighted by Gasteiger charge is -1.98. The van der Waals surface area contributed by atoms with Crippen molar-refractivity contribution in [1.82, 2.24) is 13.6 Å². The van der Waals surface area contributed by atoms with E-state index in [4.69, 9.17) is 5.73 Å². The van der Waals surface area contributed by atoms with Gasteiger partial charge in [0, 0.05) is 7.05 Å². The zero-order chi connectivity index (χ0) is 12.0. The number of nitrogens with two attached hydrogens (primary N) is 1. The quantitative estimate of drug-likeness (QED) is 0.567. The van der Waals surface area contributed by atoms with Gasteiger partial charge in [0.15, 0.2) is 0 Å². The first-order valence-electron chi connectivity index (χ1n) is 4.58. The average molecular weight is 224 g/mol. The molecular formula is C9H12N4O3. The number of aromatic nitrogens is 3. The molecule has 0 atom stereocenters. The van der Waals surface area contributed by atoms with E-state index < -0.39 is 5.56 Å². The molecule has 0 saturated heterocycles. The molecule has 2 heterocycles. The van der Waals surface area contributed by atoms with Gasteiger partial charge in [0.2, 0.25) is 11.8 Å². The summed E-state index contributed by atoms with van der Waals surface area (Å²) in [6, 6.07) is 0. The second kappa shape index (κ2) is 3.09. The van der Waals surface area contributed by atoms with Crippen molar-refractivity contribution in [2.45, 2.75) is 6.92 Å². The Hall–Kier alpha value is -2.31. The number of hydrogen-bond acceptors (Lipinski definition) is 4. The number of aryl methyl sites for hydroxylation is 1. The Balaban J connectivity index is 3.11. The van der Waals surface area contributed by atoms with Gasteiger partial charge in [-0.15, -0.1) is 0 Å². The third-order valence-electron chi connectivity index (χ3n) is 2.57. The van der Waals surface area contributed by atoms with E-state index in [-0.39, 0.29) is 17.4 Å². The molecule has 0 unspecified atom stereocenters. The van der Waals surface area contributed by atoms with Gasteiger partial charge in [-0.2, -0.15) is 0 Å². The predicted molar refractivity (Wildman–Crippen MR) is 57.4 cm³/mol. The Labute approximate surface area is 90.2 Å². The fraction of sp³-hybridized carbons (Fsp3) is 0.222. The Kier molecular flexibility index (Phi) is 1.97. The first-order chi connectivity index (χ1) is 7.43. The lowest BCUT2D eigenvalue weighted by atomic mass is 10.4. The van der Waals surface area contributed by atoms with Crippen LogP contribution in [0.1, 0.15) is 5.69 Å². The Morgan fingerprint density at radius 1 is 1.19 bits per heavy atom. The molecule has 2 rings (SSSR count). The molecule has 0 spiro atoms. The maximum absolute atomic E-state index is 11.7. The number of nitrogens with zero attached hydrogens (tertiary/aromatic N) is 3. The molecule has 7 heteroatoms. The first-order valence-corrected chi connectivity index (χ1v) is 4.58. The van der Waals surface area contributed by atoms with E-state index in [0.717, 1.165) is 9.08 Å². The largest absolute Gasteiger partial charge is 0.493 e. The number of aromatic hydroxyl groups is 2. The summed E-state index contributed by atoms with van der Waals surface area (Å²) in [5, 5.41) is 19.2. The lowest BCUT2D eigenvalue weighted by molar-refractivity contribution is 0.377. The van der Waals surface area contributed by atoms with Gasteiger partial charge < -0.3 is 15.9 Å². The maximum Gasteiger partial charge on any atom is 0.294 e. The number of fused-ring (bicyclic) bond motifs is 1. The third-order valence-corrected chi connectivity index (χ3v) is 2.57. The van der Waals surface area contributed by atoms with Crippen molar-refractivity contribution in [1.29, 1.82) is 0 Å². The van der Waals surface area contributed by atoms with Crippen LogP contribution in [0.5, 0.6) is 11.8 Å². The zero-order valence-corrected chi connectivity index (χ0v) is 8.88. The number of nitrogen functional groups attached to an aromatic ring is 1. The molecule has 0 bridgehead atoms. The summed E-state index contributed by atoms with van der Waals surface area (Å²) in [5.41, 5.74) is 5.71. The molecule has 0 aliphatic heterocycles. The van der Waals surface area contributed by atoms with Crippen molar-refractivity contribution >= 4 is 5.69 Å². The smallest absolute Gasteiger partial charge is 0.294 e. The van der Waals surface area contributed by atoms with Crippen molar-refractivity contribution < 1.29 is 10.2 Å². The van der Waals surface area contributed by atoms with Gasteiger partial charge >= 0.3 is 0 Å². The summed E-state index contributed by atoms with van der Waals surface area (Å²) >= 11 is 0.